The molecule has 0 aliphatic rings. The second-order valence-electron chi connectivity index (χ2n) is 1.66. The van der Waals surface area contributed by atoms with Crippen molar-refractivity contribution >= 4 is 11.6 Å². The third-order valence-corrected chi connectivity index (χ3v) is 1.15. The molecule has 1 aromatic heterocycles. The van der Waals surface area contributed by atoms with Crippen LogP contribution in [0.5, 0.6) is 0 Å². The quantitative estimate of drug-likeness (QED) is 0.554. The number of aromatic nitrogens is 3. The van der Waals surface area contributed by atoms with Crippen molar-refractivity contribution in [1.82, 2.24) is 15.4 Å². The molecule has 0 bridgehead atoms. The van der Waals surface area contributed by atoms with Crippen LogP contribution in [0, 0.1) is 0 Å². The van der Waals surface area contributed by atoms with Crippen LogP contribution in [0.3, 0.4) is 0 Å². The van der Waals surface area contributed by atoms with Gasteiger partial charge in [0.1, 0.15) is 0 Å². The molecule has 0 saturated carbocycles. The fraction of sp³-hybridized carbons (Fsp3) is 0.400. The standard InChI is InChI=1S/C5H6ClN3/c1-4(6)5-2-3-7-9-8-5/h2-4H,1H3. The smallest absolute Gasteiger partial charge is 0.0840 e. The van der Waals surface area contributed by atoms with Gasteiger partial charge in [0, 0.05) is 0 Å². The first-order chi connectivity index (χ1) is 4.30. The highest BCUT2D eigenvalue weighted by Crippen LogP contribution is 2.13. The zero-order valence-corrected chi connectivity index (χ0v) is 5.71. The van der Waals surface area contributed by atoms with Crippen LogP contribution in [-0.2, 0) is 0 Å². The zero-order chi connectivity index (χ0) is 6.69. The lowest BCUT2D eigenvalue weighted by atomic mass is 10.3. The van der Waals surface area contributed by atoms with Crippen LogP contribution in [0.25, 0.3) is 0 Å². The van der Waals surface area contributed by atoms with Crippen LogP contribution in [0.1, 0.15) is 18.0 Å². The van der Waals surface area contributed by atoms with Gasteiger partial charge in [0.05, 0.1) is 17.3 Å². The molecule has 0 N–H and O–H groups in total. The summed E-state index contributed by atoms with van der Waals surface area (Å²) in [4.78, 5) is 0. The van der Waals surface area contributed by atoms with E-state index in [-0.39, 0.29) is 5.38 Å². The third-order valence-electron chi connectivity index (χ3n) is 0.931. The normalized spacial score (nSPS) is 13.1. The molecule has 48 valence electrons. The molecule has 0 radical (unpaired) electrons. The van der Waals surface area contributed by atoms with E-state index in [1.807, 2.05) is 6.92 Å². The fourth-order valence-corrected chi connectivity index (χ4v) is 0.579. The predicted octanol–water partition coefficient (Wildman–Crippen LogP) is 1.17. The van der Waals surface area contributed by atoms with E-state index in [9.17, 15) is 0 Å². The molecule has 1 aromatic rings. The Balaban J connectivity index is 2.85. The Morgan fingerprint density at radius 3 is 2.78 bits per heavy atom. The molecule has 9 heavy (non-hydrogen) atoms. The van der Waals surface area contributed by atoms with Crippen molar-refractivity contribution in [1.29, 1.82) is 0 Å². The summed E-state index contributed by atoms with van der Waals surface area (Å²) in [6.45, 7) is 1.84. The summed E-state index contributed by atoms with van der Waals surface area (Å²) >= 11 is 5.67. The van der Waals surface area contributed by atoms with E-state index in [4.69, 9.17) is 11.6 Å². The third kappa shape index (κ3) is 1.61. The second kappa shape index (κ2) is 2.73. The fourth-order valence-electron chi connectivity index (χ4n) is 0.462. The molecule has 3 nitrogen and oxygen atoms in total. The highest BCUT2D eigenvalue weighted by Gasteiger charge is 1.99. The van der Waals surface area contributed by atoms with Crippen molar-refractivity contribution < 1.29 is 0 Å². The van der Waals surface area contributed by atoms with Gasteiger partial charge in [-0.05, 0) is 18.2 Å². The first kappa shape index (κ1) is 6.42. The summed E-state index contributed by atoms with van der Waals surface area (Å²) in [5.41, 5.74) is 0.756. The van der Waals surface area contributed by atoms with Gasteiger partial charge in [-0.3, -0.25) is 0 Å². The molecule has 1 atom stereocenters. The Morgan fingerprint density at radius 2 is 2.44 bits per heavy atom. The lowest BCUT2D eigenvalue weighted by Gasteiger charge is -1.95. The van der Waals surface area contributed by atoms with Crippen molar-refractivity contribution in [2.75, 3.05) is 0 Å². The Bertz CT molecular complexity index is 175. The summed E-state index contributed by atoms with van der Waals surface area (Å²) < 4.78 is 0. The molecule has 0 aromatic carbocycles. The summed E-state index contributed by atoms with van der Waals surface area (Å²) in [5.74, 6) is 0. The van der Waals surface area contributed by atoms with Crippen LogP contribution in [0.4, 0.5) is 0 Å². The van der Waals surface area contributed by atoms with Crippen molar-refractivity contribution in [3.63, 3.8) is 0 Å². The Kier molecular flexibility index (Phi) is 1.95. The minimum absolute atomic E-state index is 0.0829. The molecule has 1 heterocycles. The molecular formula is C5H6ClN3. The molecule has 0 aliphatic heterocycles. The Hall–Kier alpha value is -0.700. The van der Waals surface area contributed by atoms with Crippen LogP contribution in [-0.4, -0.2) is 15.4 Å². The van der Waals surface area contributed by atoms with Crippen LogP contribution in [0.2, 0.25) is 0 Å². The van der Waals surface area contributed by atoms with Gasteiger partial charge in [-0.2, -0.15) is 0 Å². The number of hydrogen-bond acceptors (Lipinski definition) is 3. The lowest BCUT2D eigenvalue weighted by molar-refractivity contribution is 0.803. The van der Waals surface area contributed by atoms with Gasteiger partial charge in [0.25, 0.3) is 0 Å². The molecule has 1 unspecified atom stereocenters. The monoisotopic (exact) mass is 143 g/mol. The summed E-state index contributed by atoms with van der Waals surface area (Å²) in [7, 11) is 0. The van der Waals surface area contributed by atoms with Crippen LogP contribution >= 0.6 is 11.6 Å². The number of hydrogen-bond donors (Lipinski definition) is 0. The van der Waals surface area contributed by atoms with Crippen LogP contribution in [0.15, 0.2) is 12.3 Å². The summed E-state index contributed by atoms with van der Waals surface area (Å²) in [6.07, 6.45) is 1.57. The van der Waals surface area contributed by atoms with Gasteiger partial charge in [-0.1, -0.05) is 0 Å². The first-order valence-corrected chi connectivity index (χ1v) is 3.02. The van der Waals surface area contributed by atoms with Gasteiger partial charge >= 0.3 is 0 Å². The van der Waals surface area contributed by atoms with Crippen molar-refractivity contribution in [3.05, 3.63) is 18.0 Å². The minimum Gasteiger partial charge on any atom is -0.139 e. The molecular weight excluding hydrogens is 138 g/mol. The van der Waals surface area contributed by atoms with E-state index in [1.54, 1.807) is 12.3 Å². The van der Waals surface area contributed by atoms with Crippen molar-refractivity contribution in [3.8, 4) is 0 Å². The predicted molar refractivity (Wildman–Crippen MR) is 34.1 cm³/mol. The largest absolute Gasteiger partial charge is 0.139 e. The number of nitrogens with zero attached hydrogens (tertiary/aromatic N) is 3. The molecule has 0 spiro atoms. The average Bonchev–Trinajstić information content (AvgIpc) is 1.90. The molecule has 0 amide bonds. The average molecular weight is 144 g/mol. The van der Waals surface area contributed by atoms with Gasteiger partial charge in [-0.15, -0.1) is 21.8 Å². The number of rotatable bonds is 1. The maximum Gasteiger partial charge on any atom is 0.0840 e. The van der Waals surface area contributed by atoms with Crippen molar-refractivity contribution in [2.45, 2.75) is 12.3 Å². The number of halogens is 1. The van der Waals surface area contributed by atoms with Crippen LogP contribution < -0.4 is 0 Å². The van der Waals surface area contributed by atoms with E-state index >= 15 is 0 Å². The first-order valence-electron chi connectivity index (χ1n) is 2.59. The van der Waals surface area contributed by atoms with Gasteiger partial charge in [-0.25, -0.2) is 0 Å². The molecule has 0 saturated heterocycles. The number of alkyl halides is 1. The minimum atomic E-state index is -0.0829. The summed E-state index contributed by atoms with van der Waals surface area (Å²) in [6, 6.07) is 1.74. The highest BCUT2D eigenvalue weighted by molar-refractivity contribution is 6.20. The topological polar surface area (TPSA) is 38.7 Å². The second-order valence-corrected chi connectivity index (χ2v) is 2.32. The Labute approximate surface area is 58.1 Å². The van der Waals surface area contributed by atoms with Gasteiger partial charge in [0.2, 0.25) is 0 Å². The van der Waals surface area contributed by atoms with E-state index in [0.717, 1.165) is 5.69 Å². The van der Waals surface area contributed by atoms with E-state index in [1.165, 1.54) is 0 Å². The summed E-state index contributed by atoms with van der Waals surface area (Å²) in [5, 5.41) is 10.5. The van der Waals surface area contributed by atoms with Crippen molar-refractivity contribution in [2.24, 2.45) is 0 Å². The van der Waals surface area contributed by atoms with E-state index in [0.29, 0.717) is 0 Å². The molecule has 4 heteroatoms. The van der Waals surface area contributed by atoms with Gasteiger partial charge in [0.15, 0.2) is 0 Å². The maximum absolute atomic E-state index is 5.67. The molecule has 0 aliphatic carbocycles. The molecule has 1 rings (SSSR count). The highest BCUT2D eigenvalue weighted by atomic mass is 35.5. The molecule has 0 fully saturated rings. The van der Waals surface area contributed by atoms with Gasteiger partial charge < -0.3 is 0 Å². The Morgan fingerprint density at radius 1 is 1.67 bits per heavy atom. The van der Waals surface area contributed by atoms with E-state index < -0.39 is 0 Å². The SMILES string of the molecule is CC(Cl)c1ccnnn1. The van der Waals surface area contributed by atoms with E-state index in [2.05, 4.69) is 15.4 Å². The lowest BCUT2D eigenvalue weighted by Crippen LogP contribution is -1.93. The maximum atomic E-state index is 5.67. The zero-order valence-electron chi connectivity index (χ0n) is 4.95.